The summed E-state index contributed by atoms with van der Waals surface area (Å²) in [6.07, 6.45) is 0. The lowest BCUT2D eigenvalue weighted by molar-refractivity contribution is 0.0603. The highest BCUT2D eigenvalue weighted by molar-refractivity contribution is 7.17. The van der Waals surface area contributed by atoms with Crippen LogP contribution in [0.25, 0.3) is 10.4 Å². The zero-order valence-electron chi connectivity index (χ0n) is 9.24. The smallest absolute Gasteiger partial charge is 0.351 e. The van der Waals surface area contributed by atoms with Crippen LogP contribution in [0, 0.1) is 0 Å². The van der Waals surface area contributed by atoms with Crippen molar-refractivity contribution in [3.8, 4) is 16.2 Å². The minimum absolute atomic E-state index is 0.104. The third-order valence-electron chi connectivity index (χ3n) is 2.29. The molecule has 0 saturated carbocycles. The van der Waals surface area contributed by atoms with Gasteiger partial charge in [0.1, 0.15) is 5.75 Å². The Morgan fingerprint density at radius 2 is 2.00 bits per heavy atom. The van der Waals surface area contributed by atoms with E-state index in [9.17, 15) is 9.90 Å². The molecule has 0 aliphatic carbocycles. The zero-order chi connectivity index (χ0) is 13.3. The van der Waals surface area contributed by atoms with Gasteiger partial charge in [-0.1, -0.05) is 29.3 Å². The van der Waals surface area contributed by atoms with Crippen LogP contribution in [0.2, 0.25) is 10.0 Å². The van der Waals surface area contributed by atoms with E-state index in [4.69, 9.17) is 23.2 Å². The van der Waals surface area contributed by atoms with Gasteiger partial charge < -0.3 is 9.84 Å². The number of thiophene rings is 1. The van der Waals surface area contributed by atoms with Crippen molar-refractivity contribution >= 4 is 40.5 Å². The molecule has 1 aromatic heterocycles. The molecule has 2 aromatic rings. The summed E-state index contributed by atoms with van der Waals surface area (Å²) in [6.45, 7) is 0. The molecule has 94 valence electrons. The number of halogens is 2. The van der Waals surface area contributed by atoms with Crippen molar-refractivity contribution in [1.82, 2.24) is 0 Å². The highest BCUT2D eigenvalue weighted by Crippen LogP contribution is 2.37. The Balaban J connectivity index is 2.45. The van der Waals surface area contributed by atoms with Crippen LogP contribution in [0.4, 0.5) is 0 Å². The minimum atomic E-state index is -0.566. The lowest BCUT2D eigenvalue weighted by atomic mass is 10.2. The second-order valence-corrected chi connectivity index (χ2v) is 5.31. The molecular formula is C12H8Cl2O3S. The third-order valence-corrected chi connectivity index (χ3v) is 4.18. The van der Waals surface area contributed by atoms with E-state index in [0.717, 1.165) is 16.9 Å². The molecule has 0 atom stereocenters. The number of hydrogen-bond donors (Lipinski definition) is 1. The van der Waals surface area contributed by atoms with Crippen LogP contribution < -0.4 is 0 Å². The van der Waals surface area contributed by atoms with Gasteiger partial charge in [-0.15, -0.1) is 11.3 Å². The fourth-order valence-corrected chi connectivity index (χ4v) is 2.68. The lowest BCUT2D eigenvalue weighted by Gasteiger charge is -1.99. The average molecular weight is 303 g/mol. The Labute approximate surface area is 118 Å². The molecule has 0 bridgehead atoms. The number of carbonyl (C=O) groups is 1. The first kappa shape index (κ1) is 13.2. The van der Waals surface area contributed by atoms with Crippen molar-refractivity contribution in [2.45, 2.75) is 0 Å². The van der Waals surface area contributed by atoms with Gasteiger partial charge in [-0.3, -0.25) is 0 Å². The number of carbonyl (C=O) groups excluding carboxylic acids is 1. The Kier molecular flexibility index (Phi) is 3.80. The summed E-state index contributed by atoms with van der Waals surface area (Å²) in [4.78, 5) is 12.3. The van der Waals surface area contributed by atoms with Gasteiger partial charge in [0.25, 0.3) is 0 Å². The third kappa shape index (κ3) is 2.46. The first-order valence-electron chi connectivity index (χ1n) is 4.89. The van der Waals surface area contributed by atoms with Crippen LogP contribution in [0.5, 0.6) is 5.75 Å². The molecule has 0 unspecified atom stereocenters. The van der Waals surface area contributed by atoms with Crippen LogP contribution in [0.15, 0.2) is 24.3 Å². The quantitative estimate of drug-likeness (QED) is 0.845. The summed E-state index contributed by atoms with van der Waals surface area (Å²) < 4.78 is 4.57. The van der Waals surface area contributed by atoms with Gasteiger partial charge in [0.15, 0.2) is 4.88 Å². The van der Waals surface area contributed by atoms with E-state index < -0.39 is 5.97 Å². The van der Waals surface area contributed by atoms with Crippen LogP contribution in [0.3, 0.4) is 0 Å². The zero-order valence-corrected chi connectivity index (χ0v) is 11.6. The molecule has 0 spiro atoms. The summed E-state index contributed by atoms with van der Waals surface area (Å²) in [6, 6.07) is 6.60. The largest absolute Gasteiger partial charge is 0.506 e. The number of rotatable bonds is 2. The van der Waals surface area contributed by atoms with E-state index >= 15 is 0 Å². The highest BCUT2D eigenvalue weighted by atomic mass is 35.5. The molecule has 0 radical (unpaired) electrons. The summed E-state index contributed by atoms with van der Waals surface area (Å²) in [7, 11) is 1.26. The Hall–Kier alpha value is -1.23. The van der Waals surface area contributed by atoms with Crippen molar-refractivity contribution < 1.29 is 14.6 Å². The molecule has 0 amide bonds. The van der Waals surface area contributed by atoms with Gasteiger partial charge in [-0.05, 0) is 23.8 Å². The van der Waals surface area contributed by atoms with E-state index in [0.29, 0.717) is 14.9 Å². The van der Waals surface area contributed by atoms with Crippen LogP contribution in [-0.2, 0) is 4.74 Å². The summed E-state index contributed by atoms with van der Waals surface area (Å²) >= 11 is 12.9. The maximum Gasteiger partial charge on any atom is 0.351 e. The maximum atomic E-state index is 11.4. The van der Waals surface area contributed by atoms with E-state index in [2.05, 4.69) is 4.74 Å². The van der Waals surface area contributed by atoms with Crippen molar-refractivity contribution in [3.63, 3.8) is 0 Å². The molecule has 3 nitrogen and oxygen atoms in total. The molecule has 0 aliphatic rings. The van der Waals surface area contributed by atoms with E-state index in [-0.39, 0.29) is 10.6 Å². The molecular weight excluding hydrogens is 295 g/mol. The van der Waals surface area contributed by atoms with Crippen molar-refractivity contribution in [3.05, 3.63) is 39.2 Å². The summed E-state index contributed by atoms with van der Waals surface area (Å²) in [5.41, 5.74) is 0.778. The Bertz CT molecular complexity index is 607. The fraction of sp³-hybridized carbons (Fsp3) is 0.0833. The highest BCUT2D eigenvalue weighted by Gasteiger charge is 2.17. The molecule has 1 N–H and O–H groups in total. The number of ether oxygens (including phenoxy) is 1. The van der Waals surface area contributed by atoms with Crippen LogP contribution in [-0.4, -0.2) is 18.2 Å². The first-order chi connectivity index (χ1) is 8.52. The van der Waals surface area contributed by atoms with Crippen LogP contribution >= 0.6 is 34.5 Å². The van der Waals surface area contributed by atoms with Gasteiger partial charge in [-0.2, -0.15) is 0 Å². The van der Waals surface area contributed by atoms with E-state index in [1.165, 1.54) is 13.2 Å². The maximum absolute atomic E-state index is 11.4. The topological polar surface area (TPSA) is 46.5 Å². The second-order valence-electron chi connectivity index (χ2n) is 3.45. The number of esters is 1. The molecule has 2 rings (SSSR count). The van der Waals surface area contributed by atoms with Crippen LogP contribution in [0.1, 0.15) is 9.67 Å². The number of benzene rings is 1. The number of aromatic hydroxyl groups is 1. The standard InChI is InChI=1S/C12H8Cl2O3S/c1-17-12(16)11-9(15)5-10(18-11)6-2-3-7(13)8(14)4-6/h2-5,15H,1H3. The van der Waals surface area contributed by atoms with Crippen molar-refractivity contribution in [1.29, 1.82) is 0 Å². The van der Waals surface area contributed by atoms with Gasteiger partial charge in [0.2, 0.25) is 0 Å². The van der Waals surface area contributed by atoms with Gasteiger partial charge in [-0.25, -0.2) is 4.79 Å². The van der Waals surface area contributed by atoms with E-state index in [1.54, 1.807) is 18.2 Å². The SMILES string of the molecule is COC(=O)c1sc(-c2ccc(Cl)c(Cl)c2)cc1O. The molecule has 0 fully saturated rings. The minimum Gasteiger partial charge on any atom is -0.506 e. The summed E-state index contributed by atoms with van der Waals surface area (Å²) in [5.74, 6) is -0.670. The monoisotopic (exact) mass is 302 g/mol. The molecule has 1 heterocycles. The predicted molar refractivity (Wildman–Crippen MR) is 72.8 cm³/mol. The molecule has 18 heavy (non-hydrogen) atoms. The Morgan fingerprint density at radius 1 is 1.28 bits per heavy atom. The first-order valence-corrected chi connectivity index (χ1v) is 6.46. The van der Waals surface area contributed by atoms with Gasteiger partial charge >= 0.3 is 5.97 Å². The van der Waals surface area contributed by atoms with Crippen molar-refractivity contribution in [2.24, 2.45) is 0 Å². The molecule has 1 aromatic carbocycles. The molecule has 6 heteroatoms. The van der Waals surface area contributed by atoms with E-state index in [1.807, 2.05) is 0 Å². The molecule has 0 saturated heterocycles. The lowest BCUT2D eigenvalue weighted by Crippen LogP contribution is -1.97. The number of methoxy groups -OCH3 is 1. The predicted octanol–water partition coefficient (Wildman–Crippen LogP) is 4.21. The normalized spacial score (nSPS) is 10.4. The second kappa shape index (κ2) is 5.18. The average Bonchev–Trinajstić information content (AvgIpc) is 2.74. The number of hydrogen-bond acceptors (Lipinski definition) is 4. The fourth-order valence-electron chi connectivity index (χ4n) is 1.41. The van der Waals surface area contributed by atoms with Crippen molar-refractivity contribution in [2.75, 3.05) is 7.11 Å². The summed E-state index contributed by atoms with van der Waals surface area (Å²) in [5, 5.41) is 10.5. The van der Waals surface area contributed by atoms with Gasteiger partial charge in [0.05, 0.1) is 17.2 Å². The Morgan fingerprint density at radius 3 is 2.61 bits per heavy atom. The molecule has 0 aliphatic heterocycles. The van der Waals surface area contributed by atoms with Gasteiger partial charge in [0, 0.05) is 4.88 Å².